The number of thiazole rings is 1. The van der Waals surface area contributed by atoms with Crippen LogP contribution >= 0.6 is 11.3 Å². The second-order valence-corrected chi connectivity index (χ2v) is 24.5. The van der Waals surface area contributed by atoms with Gasteiger partial charge in [0.1, 0.15) is 29.4 Å². The van der Waals surface area contributed by atoms with Crippen molar-refractivity contribution >= 4 is 58.0 Å². The molecule has 0 bridgehead atoms. The first-order valence-electron chi connectivity index (χ1n) is 28.1. The van der Waals surface area contributed by atoms with Crippen LogP contribution in [0.4, 0.5) is 23.0 Å². The summed E-state index contributed by atoms with van der Waals surface area (Å²) in [5.41, 5.74) is 15.9. The number of carbonyl (C=O) groups is 4. The quantitative estimate of drug-likeness (QED) is 0.0543. The molecule has 19 heteroatoms. The molecule has 5 atom stereocenters. The maximum Gasteiger partial charge on any atom is 0.243 e. The van der Waals surface area contributed by atoms with Crippen LogP contribution in [-0.4, -0.2) is 134 Å². The minimum atomic E-state index is -0.931. The lowest BCUT2D eigenvalue weighted by molar-refractivity contribution is -0.141. The maximum atomic E-state index is 14.4. The first-order valence-corrected chi connectivity index (χ1v) is 29.0. The number of hydrogen-bond donors (Lipinski definition) is 5. The first-order chi connectivity index (χ1) is 38.2. The number of piperidine rings is 1. The number of hydrogen-bond acceptors (Lipinski definition) is 15. The van der Waals surface area contributed by atoms with Gasteiger partial charge in [-0.1, -0.05) is 70.1 Å². The first kappa shape index (κ1) is 57.6. The van der Waals surface area contributed by atoms with Crippen LogP contribution < -0.4 is 26.6 Å². The molecule has 3 fully saturated rings. The average Bonchev–Trinajstić information content (AvgIpc) is 4.21. The molecule has 3 aliphatic rings. The van der Waals surface area contributed by atoms with Gasteiger partial charge in [-0.2, -0.15) is 0 Å². The third-order valence-electron chi connectivity index (χ3n) is 15.7. The van der Waals surface area contributed by atoms with Crippen LogP contribution in [-0.2, 0) is 19.2 Å². The van der Waals surface area contributed by atoms with Crippen LogP contribution in [0.5, 0.6) is 0 Å². The molecule has 0 saturated carbocycles. The van der Waals surface area contributed by atoms with Crippen molar-refractivity contribution in [3.63, 3.8) is 0 Å². The largest absolute Gasteiger partial charge is 0.391 e. The number of piperazine rings is 1. The van der Waals surface area contributed by atoms with Crippen LogP contribution in [0, 0.1) is 38.0 Å². The summed E-state index contributed by atoms with van der Waals surface area (Å²) >= 11 is 1.56. The fourth-order valence-corrected chi connectivity index (χ4v) is 12.2. The molecular weight excluding hydrogens is 1030 g/mol. The number of aliphatic hydroxyl groups excluding tert-OH is 1. The molecule has 6 aromatic rings. The summed E-state index contributed by atoms with van der Waals surface area (Å²) in [5.74, 6) is 0.720. The molecule has 0 spiro atoms. The highest BCUT2D eigenvalue weighted by molar-refractivity contribution is 7.13. The van der Waals surface area contributed by atoms with Gasteiger partial charge < -0.3 is 46.0 Å². The van der Waals surface area contributed by atoms with Crippen molar-refractivity contribution in [3.05, 3.63) is 119 Å². The summed E-state index contributed by atoms with van der Waals surface area (Å²) < 4.78 is 5.54. The average molecular weight is 1110 g/mol. The molecule has 0 aliphatic carbocycles. The Bertz CT molecular complexity index is 3100. The number of likely N-dealkylation sites (tertiary alicyclic amines) is 2. The fraction of sp³-hybridized carbons (Fsp3) is 0.475. The lowest BCUT2D eigenvalue weighted by atomic mass is 9.88. The molecule has 0 radical (unpaired) electrons. The van der Waals surface area contributed by atoms with Gasteiger partial charge in [0.25, 0.3) is 0 Å². The van der Waals surface area contributed by atoms with Crippen molar-refractivity contribution in [2.45, 2.75) is 118 Å². The van der Waals surface area contributed by atoms with Crippen LogP contribution in [0.2, 0.25) is 0 Å². The van der Waals surface area contributed by atoms with Crippen molar-refractivity contribution in [1.82, 2.24) is 40.1 Å². The molecule has 80 heavy (non-hydrogen) atoms. The van der Waals surface area contributed by atoms with Crippen LogP contribution in [0.25, 0.3) is 21.6 Å². The van der Waals surface area contributed by atoms with E-state index in [1.54, 1.807) is 30.5 Å². The van der Waals surface area contributed by atoms with Crippen LogP contribution in [0.1, 0.15) is 107 Å². The van der Waals surface area contributed by atoms with Gasteiger partial charge in [-0.15, -0.1) is 11.3 Å². The molecule has 4 amide bonds. The molecule has 6 N–H and O–H groups in total. The lowest BCUT2D eigenvalue weighted by Gasteiger charge is -2.39. The van der Waals surface area contributed by atoms with E-state index in [4.69, 9.17) is 15.2 Å². The lowest BCUT2D eigenvalue weighted by Crippen LogP contribution is -2.50. The number of nitrogens with two attached hydrogens (primary N) is 1. The number of β-amino-alcohol motifs (C(OH)–C–C–N with tert-alkyl or cyclic N) is 1. The minimum absolute atomic E-state index is 0.0164. The zero-order chi connectivity index (χ0) is 56.8. The predicted octanol–water partition coefficient (Wildman–Crippen LogP) is 8.64. The van der Waals surface area contributed by atoms with E-state index in [-0.39, 0.29) is 48.4 Å². The molecular formula is C61H78N12O6S. The molecule has 9 rings (SSSR count). The summed E-state index contributed by atoms with van der Waals surface area (Å²) in [7, 11) is 0. The Morgan fingerprint density at radius 3 is 2.24 bits per heavy atom. The number of benzene rings is 2. The van der Waals surface area contributed by atoms with Gasteiger partial charge in [0.15, 0.2) is 0 Å². The normalized spacial score (nSPS) is 18.5. The Morgan fingerprint density at radius 1 is 0.863 bits per heavy atom. The molecule has 2 aromatic carbocycles. The molecule has 7 heterocycles. The number of nitrogens with one attached hydrogen (secondary N) is 3. The summed E-state index contributed by atoms with van der Waals surface area (Å²) in [5, 5.41) is 24.5. The number of anilines is 4. The van der Waals surface area contributed by atoms with Crippen LogP contribution in [0.15, 0.2) is 95.2 Å². The zero-order valence-electron chi connectivity index (χ0n) is 47.4. The number of aliphatic hydroxyl groups is 1. The Labute approximate surface area is 473 Å². The van der Waals surface area contributed by atoms with E-state index in [1.807, 2.05) is 111 Å². The summed E-state index contributed by atoms with van der Waals surface area (Å²) in [6.07, 6.45) is 5.25. The molecule has 3 saturated heterocycles. The van der Waals surface area contributed by atoms with Gasteiger partial charge in [-0.05, 0) is 121 Å². The second kappa shape index (κ2) is 25.2. The van der Waals surface area contributed by atoms with E-state index in [9.17, 15) is 24.3 Å². The Morgan fingerprint density at radius 2 is 1.60 bits per heavy atom. The topological polar surface area (TPSA) is 228 Å². The van der Waals surface area contributed by atoms with Crippen molar-refractivity contribution in [1.29, 1.82) is 0 Å². The zero-order valence-corrected chi connectivity index (χ0v) is 48.3. The minimum Gasteiger partial charge on any atom is -0.391 e. The van der Waals surface area contributed by atoms with E-state index < -0.39 is 36.1 Å². The van der Waals surface area contributed by atoms with Crippen LogP contribution in [0.3, 0.4) is 0 Å². The van der Waals surface area contributed by atoms with E-state index >= 15 is 0 Å². The highest BCUT2D eigenvalue weighted by atomic mass is 32.1. The van der Waals surface area contributed by atoms with Crippen molar-refractivity contribution in [2.75, 3.05) is 67.9 Å². The predicted molar refractivity (Wildman–Crippen MR) is 313 cm³/mol. The van der Waals surface area contributed by atoms with Gasteiger partial charge in [0, 0.05) is 76.7 Å². The highest BCUT2D eigenvalue weighted by Gasteiger charge is 2.44. The maximum absolute atomic E-state index is 14.4. The van der Waals surface area contributed by atoms with E-state index in [1.165, 1.54) is 4.90 Å². The smallest absolute Gasteiger partial charge is 0.243 e. The number of pyridine rings is 2. The Balaban J connectivity index is 0.760. The van der Waals surface area contributed by atoms with Gasteiger partial charge >= 0.3 is 0 Å². The van der Waals surface area contributed by atoms with Crippen molar-refractivity contribution in [2.24, 2.45) is 23.0 Å². The molecule has 18 nitrogen and oxygen atoms in total. The van der Waals surface area contributed by atoms with Crippen molar-refractivity contribution < 1.29 is 28.8 Å². The summed E-state index contributed by atoms with van der Waals surface area (Å²) in [6.45, 7) is 21.6. The molecule has 4 aromatic heterocycles. The number of rotatable bonds is 18. The number of nitrogens with zero attached hydrogens (tertiary/aromatic N) is 8. The molecule has 1 unspecified atom stereocenters. The number of amides is 4. The number of carbonyl (C=O) groups excluding carboxylic acids is 4. The summed E-state index contributed by atoms with van der Waals surface area (Å²) in [6, 6.07) is 21.4. The number of aryl methyl sites for hydroxylation is 3. The summed E-state index contributed by atoms with van der Waals surface area (Å²) in [4.78, 5) is 78.8. The monoisotopic (exact) mass is 1110 g/mol. The Kier molecular flexibility index (Phi) is 18.1. The van der Waals surface area contributed by atoms with Gasteiger partial charge in [-0.25, -0.2) is 15.0 Å². The van der Waals surface area contributed by atoms with E-state index in [0.717, 1.165) is 95.5 Å². The molecule has 424 valence electrons. The SMILES string of the molecule is Cc1cc(C(C(=O)N2C[C@H](O)C[C@H]2C(=O)N[C@@H](CC(=O)N2CCC(CN3CCN(c4ccc(Nc5cc(-c6ccc(NC(=O)[C@H](N)CC(C)(C)C)cc6C)ccn5)cn4)CC3)CC2)c2ccc(-c3scnc3C)cc2)C(C)C)on1. The number of aromatic nitrogens is 4. The van der Waals surface area contributed by atoms with Gasteiger partial charge in [0.05, 0.1) is 58.3 Å². The second-order valence-electron chi connectivity index (χ2n) is 23.6. The fourth-order valence-electron chi connectivity index (χ4n) is 11.4. The Hall–Kier alpha value is -7.06. The van der Waals surface area contributed by atoms with E-state index in [0.29, 0.717) is 48.4 Å². The molecule has 3 aliphatic heterocycles. The third-order valence-corrected chi connectivity index (χ3v) is 16.7. The highest BCUT2D eigenvalue weighted by Crippen LogP contribution is 2.35. The standard InChI is InChI=1S/C61H78N12O6S/c1-37(2)56(52-28-39(4)69-79-52)60(78)73-35-47(74)30-51(73)59(77)68-50(42-9-11-43(12-10-42)57-40(5)65-36-80-57)31-55(75)72-21-18-41(19-22-72)34-70-23-25-71(26-24-70)54-16-14-46(33-64-54)66-53-29-44(17-20-63-53)48-15-13-45(27-38(48)3)67-58(76)49(62)32-61(6,7)8/h9-17,20,27-29,33,36-37,41,47,49-51,56,74H,18-19,21-26,30-32,34-35,62H2,1-8H3,(H,63,66)(H,67,76)(H,68,77)/t47-,49-,50+,51+,56?/m1/s1. The van der Waals surface area contributed by atoms with E-state index in [2.05, 4.69) is 61.6 Å². The van der Waals surface area contributed by atoms with Crippen molar-refractivity contribution in [3.8, 4) is 21.6 Å². The third kappa shape index (κ3) is 14.3. The van der Waals surface area contributed by atoms with Gasteiger partial charge in [-0.3, -0.25) is 24.1 Å². The van der Waals surface area contributed by atoms with Gasteiger partial charge in [0.2, 0.25) is 23.6 Å².